The van der Waals surface area contributed by atoms with Crippen LogP contribution in [0.4, 0.5) is 0 Å². The van der Waals surface area contributed by atoms with E-state index in [4.69, 9.17) is 4.43 Å². The van der Waals surface area contributed by atoms with Crippen molar-refractivity contribution in [2.45, 2.75) is 104 Å². The maximum Gasteiger partial charge on any atom is 0.192 e. The molecule has 176 valence electrons. The van der Waals surface area contributed by atoms with Crippen molar-refractivity contribution in [1.82, 2.24) is 4.98 Å². The van der Waals surface area contributed by atoms with Gasteiger partial charge in [-0.15, -0.1) is 11.3 Å². The SMILES string of the molecule is C/C=C\[C@@H](C)CCC[C@@H](O[Si](C)(C)C(C)(C)C)[C@H](O)CC(=O)/C(C)=C/c1csc(C)n1. The van der Waals surface area contributed by atoms with E-state index in [-0.39, 0.29) is 23.3 Å². The van der Waals surface area contributed by atoms with Gasteiger partial charge in [-0.1, -0.05) is 46.3 Å². The van der Waals surface area contributed by atoms with E-state index in [1.807, 2.05) is 19.2 Å². The summed E-state index contributed by atoms with van der Waals surface area (Å²) in [5.41, 5.74) is 1.42. The van der Waals surface area contributed by atoms with E-state index in [9.17, 15) is 9.90 Å². The third-order valence-corrected chi connectivity index (χ3v) is 11.5. The summed E-state index contributed by atoms with van der Waals surface area (Å²) in [6.07, 6.45) is 7.82. The quantitative estimate of drug-likeness (QED) is 0.206. The molecule has 0 unspecified atom stereocenters. The second-order valence-electron chi connectivity index (χ2n) is 10.2. The summed E-state index contributed by atoms with van der Waals surface area (Å²) in [4.78, 5) is 17.2. The van der Waals surface area contributed by atoms with Crippen molar-refractivity contribution < 1.29 is 14.3 Å². The number of rotatable bonds is 12. The largest absolute Gasteiger partial charge is 0.411 e. The van der Waals surface area contributed by atoms with Gasteiger partial charge in [-0.3, -0.25) is 4.79 Å². The van der Waals surface area contributed by atoms with Crippen molar-refractivity contribution in [1.29, 1.82) is 0 Å². The molecular formula is C25H43NO3SSi. The highest BCUT2D eigenvalue weighted by Gasteiger charge is 2.40. The molecule has 0 aliphatic rings. The molecule has 0 bridgehead atoms. The number of carbonyl (C=O) groups excluding carboxylic acids is 1. The third-order valence-electron chi connectivity index (χ3n) is 6.19. The number of aliphatic hydroxyl groups is 1. The zero-order valence-corrected chi connectivity index (χ0v) is 22.8. The van der Waals surface area contributed by atoms with Gasteiger partial charge in [-0.2, -0.15) is 0 Å². The van der Waals surface area contributed by atoms with Gasteiger partial charge in [0, 0.05) is 11.8 Å². The number of aryl methyl sites for hydroxylation is 1. The molecule has 0 radical (unpaired) electrons. The summed E-state index contributed by atoms with van der Waals surface area (Å²) in [5.74, 6) is 0.452. The fourth-order valence-electron chi connectivity index (χ4n) is 3.18. The number of hydrogen-bond acceptors (Lipinski definition) is 5. The van der Waals surface area contributed by atoms with Crippen LogP contribution in [-0.4, -0.2) is 36.4 Å². The molecule has 6 heteroatoms. The van der Waals surface area contributed by atoms with Crippen molar-refractivity contribution >= 4 is 31.5 Å². The zero-order chi connectivity index (χ0) is 23.8. The van der Waals surface area contributed by atoms with Gasteiger partial charge >= 0.3 is 0 Å². The van der Waals surface area contributed by atoms with E-state index in [1.165, 1.54) is 0 Å². The maximum atomic E-state index is 12.8. The van der Waals surface area contributed by atoms with Gasteiger partial charge in [0.05, 0.1) is 22.9 Å². The predicted octanol–water partition coefficient (Wildman–Crippen LogP) is 6.95. The van der Waals surface area contributed by atoms with Crippen LogP contribution in [0.25, 0.3) is 6.08 Å². The van der Waals surface area contributed by atoms with Crippen LogP contribution in [0.5, 0.6) is 0 Å². The smallest absolute Gasteiger partial charge is 0.192 e. The molecule has 1 aromatic rings. The van der Waals surface area contributed by atoms with Crippen molar-refractivity contribution in [2.75, 3.05) is 0 Å². The number of aromatic nitrogens is 1. The van der Waals surface area contributed by atoms with Gasteiger partial charge in [0.2, 0.25) is 0 Å². The molecule has 1 rings (SSSR count). The number of Topliss-reactive ketones (excluding diaryl/α,β-unsaturated/α-hetero) is 1. The molecule has 0 fully saturated rings. The summed E-state index contributed by atoms with van der Waals surface area (Å²) in [6, 6.07) is 0. The number of allylic oxidation sites excluding steroid dienone is 3. The van der Waals surface area contributed by atoms with Crippen molar-refractivity contribution in [3.63, 3.8) is 0 Å². The Morgan fingerprint density at radius 2 is 1.97 bits per heavy atom. The average molecular weight is 466 g/mol. The van der Waals surface area contributed by atoms with Gasteiger partial charge in [-0.05, 0) is 69.3 Å². The van der Waals surface area contributed by atoms with E-state index in [0.29, 0.717) is 11.5 Å². The lowest BCUT2D eigenvalue weighted by molar-refractivity contribution is -0.119. The van der Waals surface area contributed by atoms with Gasteiger partial charge in [0.1, 0.15) is 0 Å². The van der Waals surface area contributed by atoms with Crippen LogP contribution >= 0.6 is 11.3 Å². The average Bonchev–Trinajstić information content (AvgIpc) is 3.04. The normalized spacial score (nSPS) is 16.5. The van der Waals surface area contributed by atoms with Gasteiger partial charge in [0.25, 0.3) is 0 Å². The Bertz CT molecular complexity index is 761. The van der Waals surface area contributed by atoms with Crippen LogP contribution in [0.1, 0.15) is 77.9 Å². The third kappa shape index (κ3) is 9.52. The van der Waals surface area contributed by atoms with E-state index >= 15 is 0 Å². The second-order valence-corrected chi connectivity index (χ2v) is 16.0. The monoisotopic (exact) mass is 465 g/mol. The van der Waals surface area contributed by atoms with Crippen LogP contribution in [0.15, 0.2) is 23.1 Å². The Morgan fingerprint density at radius 3 is 2.48 bits per heavy atom. The lowest BCUT2D eigenvalue weighted by Gasteiger charge is -2.40. The second kappa shape index (κ2) is 12.2. The van der Waals surface area contributed by atoms with Crippen LogP contribution in [0, 0.1) is 12.8 Å². The Morgan fingerprint density at radius 1 is 1.32 bits per heavy atom. The van der Waals surface area contributed by atoms with Crippen molar-refractivity contribution in [2.24, 2.45) is 5.92 Å². The molecule has 3 atom stereocenters. The molecule has 31 heavy (non-hydrogen) atoms. The van der Waals surface area contributed by atoms with Crippen molar-refractivity contribution in [3.8, 4) is 0 Å². The first kappa shape index (κ1) is 28.0. The molecule has 4 nitrogen and oxygen atoms in total. The molecule has 0 aliphatic heterocycles. The topological polar surface area (TPSA) is 59.4 Å². The van der Waals surface area contributed by atoms with Crippen LogP contribution < -0.4 is 0 Å². The van der Waals surface area contributed by atoms with Crippen molar-refractivity contribution in [3.05, 3.63) is 33.8 Å². The van der Waals surface area contributed by atoms with Crippen LogP contribution in [0.3, 0.4) is 0 Å². The molecular weight excluding hydrogens is 422 g/mol. The standard InChI is InChI=1S/C25H43NO3SSi/c1-10-12-18(2)13-11-14-24(29-31(8,9)25(5,6)7)23(28)16-22(27)19(3)15-21-17-30-20(4)26-21/h10,12,15,17-18,23-24,28H,11,13-14,16H2,1-9H3/b12-10-,19-15+/t18-,23-,24-/m1/s1. The van der Waals surface area contributed by atoms with Gasteiger partial charge in [-0.25, -0.2) is 4.98 Å². The van der Waals surface area contributed by atoms with E-state index < -0.39 is 14.4 Å². The Hall–Kier alpha value is -1.08. The molecule has 0 aromatic carbocycles. The van der Waals surface area contributed by atoms with Crippen LogP contribution in [0.2, 0.25) is 18.1 Å². The summed E-state index contributed by atoms with van der Waals surface area (Å²) >= 11 is 1.56. The number of carbonyl (C=O) groups is 1. The first-order chi connectivity index (χ1) is 14.3. The van der Waals surface area contributed by atoms with E-state index in [1.54, 1.807) is 24.3 Å². The molecule has 0 spiro atoms. The lowest BCUT2D eigenvalue weighted by atomic mass is 9.97. The summed E-state index contributed by atoms with van der Waals surface area (Å²) in [6.45, 7) is 19.0. The number of hydrogen-bond donors (Lipinski definition) is 1. The first-order valence-electron chi connectivity index (χ1n) is 11.4. The van der Waals surface area contributed by atoms with Gasteiger partial charge < -0.3 is 9.53 Å². The zero-order valence-electron chi connectivity index (χ0n) is 21.0. The number of thiazole rings is 1. The maximum absolute atomic E-state index is 12.8. The van der Waals surface area contributed by atoms with Gasteiger partial charge in [0.15, 0.2) is 14.1 Å². The molecule has 1 aromatic heterocycles. The predicted molar refractivity (Wildman–Crippen MR) is 136 cm³/mol. The molecule has 0 saturated carbocycles. The molecule has 0 aliphatic carbocycles. The minimum absolute atomic E-state index is 0.0471. The Balaban J connectivity index is 2.88. The highest BCUT2D eigenvalue weighted by Crippen LogP contribution is 2.38. The van der Waals surface area contributed by atoms with E-state index in [0.717, 1.165) is 30.0 Å². The summed E-state index contributed by atoms with van der Waals surface area (Å²) in [7, 11) is -2.07. The molecule has 1 heterocycles. The molecule has 0 saturated heterocycles. The Labute approximate surface area is 195 Å². The number of nitrogens with zero attached hydrogens (tertiary/aromatic N) is 1. The minimum Gasteiger partial charge on any atom is -0.411 e. The summed E-state index contributed by atoms with van der Waals surface area (Å²) in [5, 5.41) is 14.0. The molecule has 0 amide bonds. The number of aliphatic hydroxyl groups excluding tert-OH is 1. The fourth-order valence-corrected chi connectivity index (χ4v) is 5.14. The highest BCUT2D eigenvalue weighted by molar-refractivity contribution is 7.09. The first-order valence-corrected chi connectivity index (χ1v) is 15.2. The number of ketones is 1. The molecule has 1 N–H and O–H groups in total. The lowest BCUT2D eigenvalue weighted by Crippen LogP contribution is -2.47. The summed E-state index contributed by atoms with van der Waals surface area (Å²) < 4.78 is 6.60. The highest BCUT2D eigenvalue weighted by atomic mass is 32.1. The fraction of sp³-hybridized carbons (Fsp3) is 0.680. The minimum atomic E-state index is -2.07. The van der Waals surface area contributed by atoms with E-state index in [2.05, 4.69) is 57.9 Å². The van der Waals surface area contributed by atoms with Crippen LogP contribution in [-0.2, 0) is 9.22 Å². The Kier molecular flexibility index (Phi) is 11.0.